The molecule has 0 radical (unpaired) electrons. The topological polar surface area (TPSA) is 77.5 Å². The van der Waals surface area contributed by atoms with Crippen LogP contribution in [-0.4, -0.2) is 24.0 Å². The van der Waals surface area contributed by atoms with Gasteiger partial charge in [-0.2, -0.15) is 0 Å². The molecule has 1 heterocycles. The predicted octanol–water partition coefficient (Wildman–Crippen LogP) is 5.38. The van der Waals surface area contributed by atoms with Crippen LogP contribution in [0.2, 0.25) is 10.0 Å². The molecule has 29 heavy (non-hydrogen) atoms. The van der Waals surface area contributed by atoms with E-state index in [1.54, 1.807) is 37.3 Å². The van der Waals surface area contributed by atoms with Crippen molar-refractivity contribution in [2.24, 2.45) is 0 Å². The van der Waals surface area contributed by atoms with Gasteiger partial charge in [-0.05, 0) is 49.4 Å². The van der Waals surface area contributed by atoms with E-state index in [1.807, 2.05) is 0 Å². The number of rotatable bonds is 6. The summed E-state index contributed by atoms with van der Waals surface area (Å²) in [4.78, 5) is 29.3. The van der Waals surface area contributed by atoms with Gasteiger partial charge in [-0.3, -0.25) is 4.79 Å². The number of amides is 1. The molecule has 1 amide bonds. The molecule has 0 aliphatic rings. The maximum absolute atomic E-state index is 12.7. The molecule has 0 atom stereocenters. The van der Waals surface area contributed by atoms with E-state index in [0.29, 0.717) is 32.0 Å². The zero-order chi connectivity index (χ0) is 21.0. The number of aromatic nitrogens is 1. The van der Waals surface area contributed by atoms with E-state index in [1.165, 1.54) is 30.6 Å². The highest BCUT2D eigenvalue weighted by molar-refractivity contribution is 7.13. The number of anilines is 1. The minimum Gasteiger partial charge on any atom is -0.486 e. The van der Waals surface area contributed by atoms with Crippen LogP contribution < -0.4 is 10.1 Å². The number of carbonyl (C=O) groups excluding carboxylic acids is 2. The second kappa shape index (κ2) is 9.26. The fourth-order valence-electron chi connectivity index (χ4n) is 2.46. The number of esters is 1. The molecule has 0 fully saturated rings. The van der Waals surface area contributed by atoms with Crippen LogP contribution in [0.5, 0.6) is 5.75 Å². The van der Waals surface area contributed by atoms with Crippen molar-refractivity contribution in [2.75, 3.05) is 12.4 Å². The molecule has 3 rings (SSSR count). The van der Waals surface area contributed by atoms with Gasteiger partial charge in [-0.15, -0.1) is 11.3 Å². The summed E-state index contributed by atoms with van der Waals surface area (Å²) in [6, 6.07) is 11.6. The third kappa shape index (κ3) is 5.26. The van der Waals surface area contributed by atoms with Gasteiger partial charge in [0.1, 0.15) is 22.2 Å². The van der Waals surface area contributed by atoms with Gasteiger partial charge >= 0.3 is 5.97 Å². The van der Waals surface area contributed by atoms with Gasteiger partial charge in [0.25, 0.3) is 5.91 Å². The van der Waals surface area contributed by atoms with E-state index in [2.05, 4.69) is 15.0 Å². The first-order valence-electron chi connectivity index (χ1n) is 8.41. The van der Waals surface area contributed by atoms with Gasteiger partial charge in [-0.1, -0.05) is 23.2 Å². The number of hydrogen-bond donors (Lipinski definition) is 1. The fourth-order valence-corrected chi connectivity index (χ4v) is 3.65. The van der Waals surface area contributed by atoms with Crippen molar-refractivity contribution in [3.05, 3.63) is 73.7 Å². The second-order valence-corrected chi connectivity index (χ2v) is 7.83. The molecule has 0 unspecified atom stereocenters. The summed E-state index contributed by atoms with van der Waals surface area (Å²) in [5.74, 6) is -0.262. The number of halogens is 2. The molecule has 0 spiro atoms. The maximum Gasteiger partial charge on any atom is 0.339 e. The summed E-state index contributed by atoms with van der Waals surface area (Å²) in [6.45, 7) is 1.98. The second-order valence-electron chi connectivity index (χ2n) is 5.91. The molecule has 0 bridgehead atoms. The van der Waals surface area contributed by atoms with Gasteiger partial charge in [0.05, 0.1) is 23.4 Å². The monoisotopic (exact) mass is 450 g/mol. The van der Waals surface area contributed by atoms with Crippen LogP contribution in [0.1, 0.15) is 30.7 Å². The number of carbonyl (C=O) groups is 2. The van der Waals surface area contributed by atoms with E-state index < -0.39 is 5.97 Å². The Labute approximate surface area is 181 Å². The SMILES string of the molecule is COC(=O)c1cc(NC(=O)c2sc(COc3ccc(Cl)cc3)nc2C)ccc1Cl. The number of nitrogens with one attached hydrogen (secondary N) is 1. The quantitative estimate of drug-likeness (QED) is 0.510. The van der Waals surface area contributed by atoms with E-state index in [4.69, 9.17) is 27.9 Å². The molecule has 0 aliphatic heterocycles. The molecular weight excluding hydrogens is 435 g/mol. The van der Waals surface area contributed by atoms with Crippen LogP contribution in [0.15, 0.2) is 42.5 Å². The van der Waals surface area contributed by atoms with E-state index >= 15 is 0 Å². The van der Waals surface area contributed by atoms with Crippen molar-refractivity contribution in [3.63, 3.8) is 0 Å². The molecule has 0 saturated heterocycles. The molecule has 150 valence electrons. The first kappa shape index (κ1) is 21.1. The van der Waals surface area contributed by atoms with E-state index in [0.717, 1.165) is 0 Å². The van der Waals surface area contributed by atoms with E-state index in [9.17, 15) is 9.59 Å². The van der Waals surface area contributed by atoms with Crippen LogP contribution in [0.25, 0.3) is 0 Å². The molecule has 9 heteroatoms. The summed E-state index contributed by atoms with van der Waals surface area (Å²) in [5, 5.41) is 4.27. The Hall–Kier alpha value is -2.61. The molecule has 2 aromatic carbocycles. The number of thiazole rings is 1. The molecule has 0 saturated carbocycles. The number of ether oxygens (including phenoxy) is 2. The first-order valence-corrected chi connectivity index (χ1v) is 9.98. The molecule has 0 aliphatic carbocycles. The van der Waals surface area contributed by atoms with Crippen LogP contribution >= 0.6 is 34.5 Å². The Balaban J connectivity index is 1.70. The van der Waals surface area contributed by atoms with Gasteiger partial charge in [0.15, 0.2) is 0 Å². The maximum atomic E-state index is 12.7. The van der Waals surface area contributed by atoms with Gasteiger partial charge in [-0.25, -0.2) is 9.78 Å². The Morgan fingerprint density at radius 3 is 2.55 bits per heavy atom. The number of methoxy groups -OCH3 is 1. The summed E-state index contributed by atoms with van der Waals surface area (Å²) < 4.78 is 10.4. The average molecular weight is 451 g/mol. The van der Waals surface area contributed by atoms with Crippen LogP contribution in [0.3, 0.4) is 0 Å². The van der Waals surface area contributed by atoms with Crippen LogP contribution in [0.4, 0.5) is 5.69 Å². The highest BCUT2D eigenvalue weighted by atomic mass is 35.5. The van der Waals surface area contributed by atoms with E-state index in [-0.39, 0.29) is 23.1 Å². The smallest absolute Gasteiger partial charge is 0.339 e. The van der Waals surface area contributed by atoms with Crippen molar-refractivity contribution in [2.45, 2.75) is 13.5 Å². The number of aryl methyl sites for hydroxylation is 1. The van der Waals surface area contributed by atoms with Crippen LogP contribution in [-0.2, 0) is 11.3 Å². The molecule has 6 nitrogen and oxygen atoms in total. The third-order valence-corrected chi connectivity index (χ3v) is 5.56. The van der Waals surface area contributed by atoms with Crippen molar-refractivity contribution < 1.29 is 19.1 Å². The Morgan fingerprint density at radius 2 is 1.86 bits per heavy atom. The summed E-state index contributed by atoms with van der Waals surface area (Å²) in [5.41, 5.74) is 1.18. The largest absolute Gasteiger partial charge is 0.486 e. The lowest BCUT2D eigenvalue weighted by molar-refractivity contribution is 0.0600. The number of nitrogens with zero attached hydrogens (tertiary/aromatic N) is 1. The van der Waals surface area contributed by atoms with Crippen molar-refractivity contribution in [1.29, 1.82) is 0 Å². The minimum atomic E-state index is -0.582. The standard InChI is InChI=1S/C20H16Cl2N2O4S/c1-11-18(29-17(23-11)10-28-14-6-3-12(21)4-7-14)19(25)24-13-5-8-16(22)15(9-13)20(26)27-2/h3-9H,10H2,1-2H3,(H,24,25). The Kier molecular flexibility index (Phi) is 6.74. The molecular formula is C20H16Cl2N2O4S. The minimum absolute atomic E-state index is 0.171. The highest BCUT2D eigenvalue weighted by Crippen LogP contribution is 2.25. The Morgan fingerprint density at radius 1 is 1.14 bits per heavy atom. The summed E-state index contributed by atoms with van der Waals surface area (Å²) in [6.07, 6.45) is 0. The first-order chi connectivity index (χ1) is 13.9. The number of hydrogen-bond acceptors (Lipinski definition) is 6. The number of benzene rings is 2. The molecule has 1 N–H and O–H groups in total. The fraction of sp³-hybridized carbons (Fsp3) is 0.150. The van der Waals surface area contributed by atoms with Crippen molar-refractivity contribution >= 4 is 52.1 Å². The molecule has 3 aromatic rings. The lowest BCUT2D eigenvalue weighted by Gasteiger charge is -2.07. The lowest BCUT2D eigenvalue weighted by atomic mass is 10.2. The zero-order valence-corrected chi connectivity index (χ0v) is 17.8. The lowest BCUT2D eigenvalue weighted by Crippen LogP contribution is -2.12. The third-order valence-electron chi connectivity index (χ3n) is 3.85. The van der Waals surface area contributed by atoms with Crippen LogP contribution in [0, 0.1) is 6.92 Å². The Bertz CT molecular complexity index is 1050. The predicted molar refractivity (Wildman–Crippen MR) is 113 cm³/mol. The summed E-state index contributed by atoms with van der Waals surface area (Å²) in [7, 11) is 1.26. The molecule has 1 aromatic heterocycles. The van der Waals surface area contributed by atoms with Crippen molar-refractivity contribution in [3.8, 4) is 5.75 Å². The normalized spacial score (nSPS) is 10.5. The highest BCUT2D eigenvalue weighted by Gasteiger charge is 2.18. The summed E-state index contributed by atoms with van der Waals surface area (Å²) >= 11 is 13.1. The van der Waals surface area contributed by atoms with Crippen molar-refractivity contribution in [1.82, 2.24) is 4.98 Å². The van der Waals surface area contributed by atoms with Gasteiger partial charge in [0, 0.05) is 10.7 Å². The van der Waals surface area contributed by atoms with Gasteiger partial charge in [0.2, 0.25) is 0 Å². The average Bonchev–Trinajstić information content (AvgIpc) is 3.09. The zero-order valence-electron chi connectivity index (χ0n) is 15.5. The van der Waals surface area contributed by atoms with Gasteiger partial charge < -0.3 is 14.8 Å².